The van der Waals surface area contributed by atoms with Crippen molar-refractivity contribution >= 4 is 92.1 Å². The van der Waals surface area contributed by atoms with Crippen LogP contribution in [0.1, 0.15) is 21.5 Å². The van der Waals surface area contributed by atoms with Gasteiger partial charge < -0.3 is 9.84 Å². The van der Waals surface area contributed by atoms with Crippen LogP contribution in [0, 0.1) is 0 Å². The number of fused-ring (bicyclic) bond motifs is 4. The van der Waals surface area contributed by atoms with Gasteiger partial charge in [-0.2, -0.15) is 0 Å². The molecular formula is C49H32O3. The predicted octanol–water partition coefficient (Wildman–Crippen LogP) is 12.3. The Morgan fingerprint density at radius 1 is 0.385 bits per heavy atom. The highest BCUT2D eigenvalue weighted by atomic mass is 16.5. The number of hydrogen-bond acceptors (Lipinski definition) is 3. The summed E-state index contributed by atoms with van der Waals surface area (Å²) in [4.78, 5) is 12.4. The molecule has 0 amide bonds. The van der Waals surface area contributed by atoms with Gasteiger partial charge in [0, 0.05) is 0 Å². The molecule has 52 heavy (non-hydrogen) atoms. The minimum absolute atomic E-state index is 0.0755. The third-order valence-electron chi connectivity index (χ3n) is 10.8. The zero-order valence-electron chi connectivity index (χ0n) is 28.3. The molecule has 3 nitrogen and oxygen atoms in total. The average Bonchev–Trinajstić information content (AvgIpc) is 3.21. The van der Waals surface area contributed by atoms with Crippen LogP contribution in [0.15, 0.2) is 164 Å². The van der Waals surface area contributed by atoms with Crippen molar-refractivity contribution in [1.82, 2.24) is 0 Å². The fourth-order valence-electron chi connectivity index (χ4n) is 8.48. The molecule has 3 heteroatoms. The Morgan fingerprint density at radius 2 is 0.769 bits per heavy atom. The SMILES string of the molecule is O=C(OCc1ccc2c3cccc4cccc(c5cccc1c52)c43)c1ccccc1.OCc1ccc2c3cccc4cccc(c5cccc1c52)c43. The molecule has 0 radical (unpaired) electrons. The van der Waals surface area contributed by atoms with Crippen LogP contribution in [0.5, 0.6) is 0 Å². The normalized spacial score (nSPS) is 11.8. The standard InChI is InChI=1S/C28H18O2.C21H14O/c29-28(19-7-2-1-3-8-19)30-17-20-15-16-25-23-13-5-10-18-9-4-12-22(26(18)23)24-14-6-11-21(20)27(24)25;22-12-14-10-11-19-17-8-2-5-13-4-1-7-16(20(13)17)18-9-3-6-15(14)21(18)19/h1-16H,17H2;1-11,22H,12H2. The van der Waals surface area contributed by atoms with Crippen LogP contribution < -0.4 is 0 Å². The number of ether oxygens (including phenoxy) is 1. The summed E-state index contributed by atoms with van der Waals surface area (Å²) in [5.41, 5.74) is 2.58. The first kappa shape index (κ1) is 30.3. The summed E-state index contributed by atoms with van der Waals surface area (Å²) in [5.74, 6) is -0.300. The molecule has 11 rings (SSSR count). The van der Waals surface area contributed by atoms with E-state index in [-0.39, 0.29) is 19.2 Å². The Kier molecular flexibility index (Phi) is 7.02. The number of benzene rings is 11. The van der Waals surface area contributed by atoms with Crippen molar-refractivity contribution in [2.75, 3.05) is 0 Å². The first-order valence-corrected chi connectivity index (χ1v) is 17.7. The summed E-state index contributed by atoms with van der Waals surface area (Å²) in [7, 11) is 0. The molecule has 0 aliphatic heterocycles. The second-order valence-corrected chi connectivity index (χ2v) is 13.5. The van der Waals surface area contributed by atoms with Gasteiger partial charge in [0.15, 0.2) is 0 Å². The van der Waals surface area contributed by atoms with E-state index in [9.17, 15) is 9.90 Å². The topological polar surface area (TPSA) is 46.5 Å². The van der Waals surface area contributed by atoms with Gasteiger partial charge in [-0.3, -0.25) is 0 Å². The lowest BCUT2D eigenvalue weighted by molar-refractivity contribution is 0.0474. The minimum Gasteiger partial charge on any atom is -0.457 e. The van der Waals surface area contributed by atoms with Crippen LogP contribution in [0.25, 0.3) is 86.2 Å². The fourth-order valence-corrected chi connectivity index (χ4v) is 8.48. The smallest absolute Gasteiger partial charge is 0.338 e. The minimum atomic E-state index is -0.300. The molecule has 0 atom stereocenters. The Morgan fingerprint density at radius 3 is 1.25 bits per heavy atom. The fraction of sp³-hybridized carbons (Fsp3) is 0.0408. The van der Waals surface area contributed by atoms with E-state index < -0.39 is 0 Å². The van der Waals surface area contributed by atoms with Crippen LogP contribution in [0.2, 0.25) is 0 Å². The first-order valence-electron chi connectivity index (χ1n) is 17.7. The summed E-state index contributed by atoms with van der Waals surface area (Å²) >= 11 is 0. The number of aliphatic hydroxyl groups excluding tert-OH is 1. The molecule has 1 N–H and O–H groups in total. The van der Waals surface area contributed by atoms with Gasteiger partial charge >= 0.3 is 5.97 Å². The van der Waals surface area contributed by atoms with Gasteiger partial charge in [0.05, 0.1) is 12.2 Å². The van der Waals surface area contributed by atoms with Gasteiger partial charge in [-0.05, 0) is 109 Å². The molecule has 0 bridgehead atoms. The third-order valence-corrected chi connectivity index (χ3v) is 10.8. The van der Waals surface area contributed by atoms with Crippen molar-refractivity contribution in [3.8, 4) is 0 Å². The van der Waals surface area contributed by atoms with Gasteiger partial charge in [-0.1, -0.05) is 152 Å². The van der Waals surface area contributed by atoms with Crippen molar-refractivity contribution in [3.05, 3.63) is 180 Å². The molecule has 0 unspecified atom stereocenters. The van der Waals surface area contributed by atoms with Crippen molar-refractivity contribution in [3.63, 3.8) is 0 Å². The monoisotopic (exact) mass is 668 g/mol. The summed E-state index contributed by atoms with van der Waals surface area (Å²) in [5, 5.41) is 29.8. The Balaban J connectivity index is 0.000000136. The Labute approximate surface area is 299 Å². The van der Waals surface area contributed by atoms with Gasteiger partial charge in [-0.15, -0.1) is 0 Å². The highest BCUT2D eigenvalue weighted by Crippen LogP contribution is 2.42. The average molecular weight is 669 g/mol. The predicted molar refractivity (Wildman–Crippen MR) is 217 cm³/mol. The number of esters is 1. The lowest BCUT2D eigenvalue weighted by atomic mass is 9.88. The lowest BCUT2D eigenvalue weighted by Crippen LogP contribution is -2.05. The van der Waals surface area contributed by atoms with Crippen LogP contribution >= 0.6 is 0 Å². The first-order chi connectivity index (χ1) is 25.7. The molecular weight excluding hydrogens is 637 g/mol. The molecule has 11 aromatic carbocycles. The van der Waals surface area contributed by atoms with Crippen molar-refractivity contribution in [2.24, 2.45) is 0 Å². The van der Waals surface area contributed by atoms with Crippen LogP contribution in [0.4, 0.5) is 0 Å². The molecule has 0 aromatic heterocycles. The lowest BCUT2D eigenvalue weighted by Gasteiger charge is -2.16. The van der Waals surface area contributed by atoms with E-state index in [2.05, 4.69) is 127 Å². The van der Waals surface area contributed by atoms with E-state index in [1.807, 2.05) is 24.3 Å². The third kappa shape index (κ3) is 4.60. The van der Waals surface area contributed by atoms with Crippen molar-refractivity contribution in [1.29, 1.82) is 0 Å². The number of hydrogen-bond donors (Lipinski definition) is 1. The van der Waals surface area contributed by atoms with Gasteiger partial charge in [-0.25, -0.2) is 4.79 Å². The van der Waals surface area contributed by atoms with E-state index in [1.165, 1.54) is 75.4 Å². The highest BCUT2D eigenvalue weighted by molar-refractivity contribution is 6.34. The van der Waals surface area contributed by atoms with Crippen LogP contribution in [-0.2, 0) is 18.0 Å². The second kappa shape index (κ2) is 12.1. The van der Waals surface area contributed by atoms with Crippen LogP contribution in [0.3, 0.4) is 0 Å². The summed E-state index contributed by atoms with van der Waals surface area (Å²) in [6, 6.07) is 56.4. The number of aliphatic hydroxyl groups is 1. The van der Waals surface area contributed by atoms with E-state index >= 15 is 0 Å². The molecule has 0 saturated heterocycles. The number of rotatable bonds is 4. The zero-order chi connectivity index (χ0) is 34.8. The summed E-state index contributed by atoms with van der Waals surface area (Å²) in [6.45, 7) is 0.325. The van der Waals surface area contributed by atoms with E-state index in [4.69, 9.17) is 4.74 Å². The maximum Gasteiger partial charge on any atom is 0.338 e. The van der Waals surface area contributed by atoms with E-state index in [1.54, 1.807) is 12.1 Å². The Bertz CT molecular complexity index is 3020. The van der Waals surface area contributed by atoms with Gasteiger partial charge in [0.25, 0.3) is 0 Å². The van der Waals surface area contributed by atoms with E-state index in [0.717, 1.165) is 21.9 Å². The largest absolute Gasteiger partial charge is 0.457 e. The number of carbonyl (C=O) groups is 1. The maximum absolute atomic E-state index is 12.4. The molecule has 11 aromatic rings. The van der Waals surface area contributed by atoms with E-state index in [0.29, 0.717) is 5.56 Å². The summed E-state index contributed by atoms with van der Waals surface area (Å²) < 4.78 is 5.64. The van der Waals surface area contributed by atoms with Crippen molar-refractivity contribution < 1.29 is 14.6 Å². The molecule has 0 heterocycles. The van der Waals surface area contributed by atoms with Crippen molar-refractivity contribution in [2.45, 2.75) is 13.2 Å². The zero-order valence-corrected chi connectivity index (χ0v) is 28.3. The Hall–Kier alpha value is -6.55. The number of carbonyl (C=O) groups excluding carboxylic acids is 1. The highest BCUT2D eigenvalue weighted by Gasteiger charge is 2.16. The molecule has 0 saturated carbocycles. The molecule has 0 aliphatic carbocycles. The molecule has 0 aliphatic rings. The molecule has 0 fully saturated rings. The maximum atomic E-state index is 12.4. The van der Waals surface area contributed by atoms with Gasteiger partial charge in [0.2, 0.25) is 0 Å². The van der Waals surface area contributed by atoms with Gasteiger partial charge in [0.1, 0.15) is 6.61 Å². The summed E-state index contributed by atoms with van der Waals surface area (Å²) in [6.07, 6.45) is 0. The quantitative estimate of drug-likeness (QED) is 0.115. The molecule has 0 spiro atoms. The molecule has 246 valence electrons. The second-order valence-electron chi connectivity index (χ2n) is 13.5. The van der Waals surface area contributed by atoms with Crippen LogP contribution in [-0.4, -0.2) is 11.1 Å².